The Balaban J connectivity index is 1.60. The molecule has 3 heterocycles. The Morgan fingerprint density at radius 3 is 2.79 bits per heavy atom. The van der Waals surface area contributed by atoms with Crippen molar-refractivity contribution < 1.29 is 0 Å². The van der Waals surface area contributed by atoms with Crippen molar-refractivity contribution in [2.24, 2.45) is 0 Å². The molecule has 1 aromatic carbocycles. The number of aromatic nitrogens is 5. The zero-order chi connectivity index (χ0) is 16.5. The van der Waals surface area contributed by atoms with Crippen LogP contribution in [0.4, 0.5) is 0 Å². The summed E-state index contributed by atoms with van der Waals surface area (Å²) in [5.41, 5.74) is 2.82. The van der Waals surface area contributed by atoms with Gasteiger partial charge < -0.3 is 0 Å². The molecule has 120 valence electrons. The van der Waals surface area contributed by atoms with Gasteiger partial charge in [0.2, 0.25) is 0 Å². The lowest BCUT2D eigenvalue weighted by molar-refractivity contribution is 0.883. The van der Waals surface area contributed by atoms with Gasteiger partial charge in [0.15, 0.2) is 5.16 Å². The number of thioether (sulfide) groups is 1. The lowest BCUT2D eigenvalue weighted by Crippen LogP contribution is -1.95. The molecular formula is C16H11BrClN5S. The van der Waals surface area contributed by atoms with Gasteiger partial charge in [-0.1, -0.05) is 41.6 Å². The summed E-state index contributed by atoms with van der Waals surface area (Å²) >= 11 is 11.2. The molecule has 3 aromatic heterocycles. The average Bonchev–Trinajstić information content (AvgIpc) is 3.19. The topological polar surface area (TPSA) is 48.0 Å². The largest absolute Gasteiger partial charge is 0.292 e. The van der Waals surface area contributed by atoms with E-state index in [1.165, 1.54) is 0 Å². The number of hydrogen-bond donors (Lipinski definition) is 0. The normalized spacial score (nSPS) is 11.2. The van der Waals surface area contributed by atoms with Crippen LogP contribution in [-0.4, -0.2) is 24.1 Å². The van der Waals surface area contributed by atoms with Crippen LogP contribution in [0.5, 0.6) is 0 Å². The van der Waals surface area contributed by atoms with Gasteiger partial charge in [0.25, 0.3) is 0 Å². The third-order valence-corrected chi connectivity index (χ3v) is 5.50. The third-order valence-electron chi connectivity index (χ3n) is 3.48. The molecule has 5 nitrogen and oxygen atoms in total. The maximum absolute atomic E-state index is 6.05. The molecule has 0 bridgehead atoms. The Morgan fingerprint density at radius 1 is 1.12 bits per heavy atom. The fraction of sp³-hybridized carbons (Fsp3) is 0.0625. The predicted octanol–water partition coefficient (Wildman–Crippen LogP) is 4.62. The van der Waals surface area contributed by atoms with E-state index in [9.17, 15) is 0 Å². The molecule has 0 aliphatic rings. The number of nitrogens with zero attached hydrogens (tertiary/aromatic N) is 5. The van der Waals surface area contributed by atoms with Crippen LogP contribution in [0.3, 0.4) is 0 Å². The summed E-state index contributed by atoms with van der Waals surface area (Å²) < 4.78 is 4.80. The van der Waals surface area contributed by atoms with Crippen LogP contribution < -0.4 is 0 Å². The van der Waals surface area contributed by atoms with Crippen LogP contribution in [0.2, 0.25) is 5.02 Å². The van der Waals surface area contributed by atoms with Crippen molar-refractivity contribution in [1.82, 2.24) is 24.1 Å². The van der Waals surface area contributed by atoms with Crippen LogP contribution in [0, 0.1) is 0 Å². The van der Waals surface area contributed by atoms with E-state index in [-0.39, 0.29) is 0 Å². The molecule has 0 unspecified atom stereocenters. The van der Waals surface area contributed by atoms with E-state index in [1.807, 2.05) is 57.6 Å². The van der Waals surface area contributed by atoms with E-state index in [2.05, 4.69) is 31.1 Å². The maximum Gasteiger partial charge on any atom is 0.195 e. The zero-order valence-electron chi connectivity index (χ0n) is 12.3. The molecule has 0 N–H and O–H groups in total. The molecule has 0 aliphatic heterocycles. The monoisotopic (exact) mass is 419 g/mol. The summed E-state index contributed by atoms with van der Waals surface area (Å²) in [5.74, 6) is 0.672. The van der Waals surface area contributed by atoms with Crippen molar-refractivity contribution in [2.45, 2.75) is 10.9 Å². The van der Waals surface area contributed by atoms with Gasteiger partial charge >= 0.3 is 0 Å². The van der Waals surface area contributed by atoms with Gasteiger partial charge in [0, 0.05) is 17.6 Å². The molecule has 0 saturated carbocycles. The minimum atomic E-state index is 0.670. The molecule has 4 rings (SSSR count). The highest BCUT2D eigenvalue weighted by atomic mass is 79.9. The van der Waals surface area contributed by atoms with Crippen molar-refractivity contribution in [1.29, 1.82) is 0 Å². The first-order valence-electron chi connectivity index (χ1n) is 7.12. The van der Waals surface area contributed by atoms with Gasteiger partial charge in [-0.2, -0.15) is 0 Å². The molecule has 8 heteroatoms. The maximum atomic E-state index is 6.05. The van der Waals surface area contributed by atoms with E-state index < -0.39 is 0 Å². The summed E-state index contributed by atoms with van der Waals surface area (Å²) in [6, 6.07) is 13.7. The van der Waals surface area contributed by atoms with E-state index in [4.69, 9.17) is 11.6 Å². The van der Waals surface area contributed by atoms with E-state index in [0.717, 1.165) is 26.8 Å². The SMILES string of the molecule is Clc1ccc2nc(CSc3nncn3-c3ccccc3)c(Br)n2c1. The molecule has 0 atom stereocenters. The van der Waals surface area contributed by atoms with E-state index >= 15 is 0 Å². The molecule has 4 aromatic rings. The number of para-hydroxylation sites is 1. The Labute approximate surface area is 155 Å². The fourth-order valence-electron chi connectivity index (χ4n) is 2.35. The minimum absolute atomic E-state index is 0.670. The van der Waals surface area contributed by atoms with Crippen molar-refractivity contribution in [3.05, 3.63) is 70.3 Å². The van der Waals surface area contributed by atoms with Crippen molar-refractivity contribution in [3.63, 3.8) is 0 Å². The van der Waals surface area contributed by atoms with Crippen LogP contribution in [-0.2, 0) is 5.75 Å². The van der Waals surface area contributed by atoms with Crippen LogP contribution >= 0.6 is 39.3 Å². The van der Waals surface area contributed by atoms with Gasteiger partial charge in [-0.25, -0.2) is 4.98 Å². The Hall–Kier alpha value is -1.83. The number of hydrogen-bond acceptors (Lipinski definition) is 4. The molecule has 0 aliphatic carbocycles. The van der Waals surface area contributed by atoms with Gasteiger partial charge in [-0.05, 0) is 40.2 Å². The summed E-state index contributed by atoms with van der Waals surface area (Å²) in [7, 11) is 0. The first kappa shape index (κ1) is 15.7. The second kappa shape index (κ2) is 6.58. The number of fused-ring (bicyclic) bond motifs is 1. The molecule has 0 amide bonds. The highest BCUT2D eigenvalue weighted by Crippen LogP contribution is 2.28. The first-order valence-corrected chi connectivity index (χ1v) is 9.28. The lowest BCUT2D eigenvalue weighted by Gasteiger charge is -2.05. The van der Waals surface area contributed by atoms with Gasteiger partial charge in [-0.3, -0.25) is 8.97 Å². The number of imidazole rings is 1. The number of pyridine rings is 1. The summed E-state index contributed by atoms with van der Waals surface area (Å²) in [5, 5.41) is 9.73. The lowest BCUT2D eigenvalue weighted by atomic mass is 10.3. The smallest absolute Gasteiger partial charge is 0.195 e. The number of benzene rings is 1. The quantitative estimate of drug-likeness (QED) is 0.452. The zero-order valence-corrected chi connectivity index (χ0v) is 15.5. The molecule has 0 saturated heterocycles. The highest BCUT2D eigenvalue weighted by Gasteiger charge is 2.13. The Kier molecular flexibility index (Phi) is 4.30. The summed E-state index contributed by atoms with van der Waals surface area (Å²) in [4.78, 5) is 4.63. The van der Waals surface area contributed by atoms with Gasteiger partial charge in [0.05, 0.1) is 10.7 Å². The molecule has 0 radical (unpaired) electrons. The molecular weight excluding hydrogens is 410 g/mol. The molecule has 0 spiro atoms. The summed E-state index contributed by atoms with van der Waals surface area (Å²) in [6.45, 7) is 0. The van der Waals surface area contributed by atoms with Crippen LogP contribution in [0.1, 0.15) is 5.69 Å². The molecule has 0 fully saturated rings. The van der Waals surface area contributed by atoms with Gasteiger partial charge in [0.1, 0.15) is 16.6 Å². The fourth-order valence-corrected chi connectivity index (χ4v) is 4.07. The van der Waals surface area contributed by atoms with E-state index in [1.54, 1.807) is 18.1 Å². The predicted molar refractivity (Wildman–Crippen MR) is 98.8 cm³/mol. The Morgan fingerprint density at radius 2 is 1.96 bits per heavy atom. The first-order chi connectivity index (χ1) is 11.7. The minimum Gasteiger partial charge on any atom is -0.292 e. The average molecular weight is 421 g/mol. The van der Waals surface area contributed by atoms with Crippen LogP contribution in [0.15, 0.2) is 64.7 Å². The standard InChI is InChI=1S/C16H11BrClN5S/c17-15-13(20-14-7-6-11(18)8-22(14)15)9-24-16-21-19-10-23(16)12-4-2-1-3-5-12/h1-8,10H,9H2. The summed E-state index contributed by atoms with van der Waals surface area (Å²) in [6.07, 6.45) is 3.56. The third kappa shape index (κ3) is 2.94. The van der Waals surface area contributed by atoms with Crippen LogP contribution in [0.25, 0.3) is 11.3 Å². The van der Waals surface area contributed by atoms with Crippen molar-refractivity contribution >= 4 is 44.9 Å². The Bertz CT molecular complexity index is 998. The molecule has 24 heavy (non-hydrogen) atoms. The highest BCUT2D eigenvalue weighted by molar-refractivity contribution is 9.10. The van der Waals surface area contributed by atoms with Crippen molar-refractivity contribution in [2.75, 3.05) is 0 Å². The van der Waals surface area contributed by atoms with E-state index in [0.29, 0.717) is 10.8 Å². The van der Waals surface area contributed by atoms with Crippen molar-refractivity contribution in [3.8, 4) is 5.69 Å². The number of rotatable bonds is 4. The second-order valence-electron chi connectivity index (χ2n) is 5.03. The number of halogens is 2. The second-order valence-corrected chi connectivity index (χ2v) is 7.16. The van der Waals surface area contributed by atoms with Gasteiger partial charge in [-0.15, -0.1) is 10.2 Å².